The van der Waals surface area contributed by atoms with E-state index in [0.29, 0.717) is 6.61 Å². The van der Waals surface area contributed by atoms with Crippen LogP contribution < -0.4 is 4.74 Å². The predicted octanol–water partition coefficient (Wildman–Crippen LogP) is 1.26. The van der Waals surface area contributed by atoms with E-state index in [4.69, 9.17) is 9.47 Å². The van der Waals surface area contributed by atoms with Crippen LogP contribution in [0.2, 0.25) is 0 Å². The van der Waals surface area contributed by atoms with Gasteiger partial charge in [-0.15, -0.1) is 0 Å². The zero-order valence-corrected chi connectivity index (χ0v) is 9.54. The lowest BCUT2D eigenvalue weighted by molar-refractivity contribution is 0.263. The van der Waals surface area contributed by atoms with E-state index >= 15 is 0 Å². The van der Waals surface area contributed by atoms with Crippen LogP contribution in [-0.2, 0) is 11.8 Å². The number of benzene rings is 1. The number of nitrogens with zero attached hydrogens (tertiary/aromatic N) is 3. The van der Waals surface area contributed by atoms with Crippen LogP contribution in [0.4, 0.5) is 0 Å². The maximum absolute atomic E-state index is 5.63. The summed E-state index contributed by atoms with van der Waals surface area (Å²) in [7, 11) is 1.87. The molecule has 1 fully saturated rings. The van der Waals surface area contributed by atoms with E-state index in [1.54, 1.807) is 11.0 Å². The second kappa shape index (κ2) is 4.18. The molecule has 0 spiro atoms. The van der Waals surface area contributed by atoms with Crippen molar-refractivity contribution in [3.05, 3.63) is 30.6 Å². The van der Waals surface area contributed by atoms with E-state index in [2.05, 4.69) is 10.1 Å². The van der Waals surface area contributed by atoms with Crippen molar-refractivity contribution in [2.24, 2.45) is 7.05 Å². The minimum atomic E-state index is 0.272. The van der Waals surface area contributed by atoms with E-state index in [1.165, 1.54) is 0 Å². The van der Waals surface area contributed by atoms with Crippen molar-refractivity contribution >= 4 is 0 Å². The van der Waals surface area contributed by atoms with Crippen LogP contribution >= 0.6 is 0 Å². The number of aryl methyl sites for hydroxylation is 1. The molecule has 1 saturated heterocycles. The van der Waals surface area contributed by atoms with Crippen LogP contribution in [0, 0.1) is 0 Å². The lowest BCUT2D eigenvalue weighted by Crippen LogP contribution is -2.04. The van der Waals surface area contributed by atoms with Crippen LogP contribution in [-0.4, -0.2) is 34.1 Å². The summed E-state index contributed by atoms with van der Waals surface area (Å²) in [6.45, 7) is 1.42. The highest BCUT2D eigenvalue weighted by molar-refractivity contribution is 5.57. The molecule has 1 aromatic carbocycles. The first-order valence-electron chi connectivity index (χ1n) is 5.52. The van der Waals surface area contributed by atoms with Crippen molar-refractivity contribution in [2.75, 3.05) is 13.2 Å². The first-order chi connectivity index (χ1) is 8.33. The molecule has 5 nitrogen and oxygen atoms in total. The summed E-state index contributed by atoms with van der Waals surface area (Å²) in [5.74, 6) is 1.67. The second-order valence-electron chi connectivity index (χ2n) is 4.00. The first-order valence-corrected chi connectivity index (χ1v) is 5.52. The molecule has 0 saturated carbocycles. The van der Waals surface area contributed by atoms with E-state index in [0.717, 1.165) is 23.7 Å². The highest BCUT2D eigenvalue weighted by Crippen LogP contribution is 2.22. The summed E-state index contributed by atoms with van der Waals surface area (Å²) in [6, 6.07) is 7.84. The summed E-state index contributed by atoms with van der Waals surface area (Å²) in [5, 5.41) is 4.05. The van der Waals surface area contributed by atoms with Gasteiger partial charge in [0.05, 0.1) is 6.61 Å². The molecule has 1 aliphatic rings. The predicted molar refractivity (Wildman–Crippen MR) is 61.7 cm³/mol. The Morgan fingerprint density at radius 1 is 1.53 bits per heavy atom. The Balaban J connectivity index is 1.80. The van der Waals surface area contributed by atoms with Crippen molar-refractivity contribution in [3.63, 3.8) is 0 Å². The van der Waals surface area contributed by atoms with Crippen LogP contribution in [0.3, 0.4) is 0 Å². The van der Waals surface area contributed by atoms with Crippen molar-refractivity contribution in [3.8, 4) is 17.1 Å². The highest BCUT2D eigenvalue weighted by atomic mass is 16.6. The molecule has 0 N–H and O–H groups in total. The maximum atomic E-state index is 5.63. The normalized spacial score (nSPS) is 18.1. The third-order valence-corrected chi connectivity index (χ3v) is 2.64. The molecule has 1 aliphatic heterocycles. The molecule has 88 valence electrons. The SMILES string of the molecule is Cn1ncnc1-c1cccc(OCC2CO2)c1. The van der Waals surface area contributed by atoms with Gasteiger partial charge in [0.1, 0.15) is 24.8 Å². The summed E-state index contributed by atoms with van der Waals surface area (Å²) in [5.41, 5.74) is 0.999. The molecule has 0 aliphatic carbocycles. The molecule has 1 aromatic heterocycles. The molecule has 17 heavy (non-hydrogen) atoms. The van der Waals surface area contributed by atoms with Gasteiger partial charge in [-0.25, -0.2) is 9.67 Å². The second-order valence-corrected chi connectivity index (χ2v) is 4.00. The Bertz CT molecular complexity index is 520. The standard InChI is InChI=1S/C12H13N3O2/c1-15-12(13-8-14-15)9-3-2-4-10(5-9)16-6-11-7-17-11/h2-5,8,11H,6-7H2,1H3. The quantitative estimate of drug-likeness (QED) is 0.743. The molecule has 0 radical (unpaired) electrons. The number of epoxide rings is 1. The van der Waals surface area contributed by atoms with E-state index in [-0.39, 0.29) is 6.10 Å². The van der Waals surface area contributed by atoms with Crippen molar-refractivity contribution < 1.29 is 9.47 Å². The molecular formula is C12H13N3O2. The van der Waals surface area contributed by atoms with Gasteiger partial charge in [-0.3, -0.25) is 0 Å². The van der Waals surface area contributed by atoms with Gasteiger partial charge in [-0.1, -0.05) is 12.1 Å². The fourth-order valence-electron chi connectivity index (χ4n) is 1.64. The van der Waals surface area contributed by atoms with Gasteiger partial charge in [0.2, 0.25) is 0 Å². The Labute approximate surface area is 99.0 Å². The molecule has 0 amide bonds. The number of ether oxygens (including phenoxy) is 2. The first kappa shape index (κ1) is 10.3. The molecule has 3 rings (SSSR count). The lowest BCUT2D eigenvalue weighted by Gasteiger charge is -2.06. The van der Waals surface area contributed by atoms with Crippen molar-refractivity contribution in [2.45, 2.75) is 6.10 Å². The van der Waals surface area contributed by atoms with Crippen LogP contribution in [0.5, 0.6) is 5.75 Å². The monoisotopic (exact) mass is 231 g/mol. The van der Waals surface area contributed by atoms with E-state index in [9.17, 15) is 0 Å². The van der Waals surface area contributed by atoms with Gasteiger partial charge < -0.3 is 9.47 Å². The molecular weight excluding hydrogens is 218 g/mol. The fraction of sp³-hybridized carbons (Fsp3) is 0.333. The molecule has 5 heteroatoms. The zero-order valence-electron chi connectivity index (χ0n) is 9.54. The highest BCUT2D eigenvalue weighted by Gasteiger charge is 2.23. The molecule has 0 bridgehead atoms. The number of rotatable bonds is 4. The minimum Gasteiger partial charge on any atom is -0.491 e. The Morgan fingerprint density at radius 2 is 2.41 bits per heavy atom. The maximum Gasteiger partial charge on any atom is 0.157 e. The molecule has 2 heterocycles. The smallest absolute Gasteiger partial charge is 0.157 e. The summed E-state index contributed by atoms with van der Waals surface area (Å²) >= 11 is 0. The number of hydrogen-bond acceptors (Lipinski definition) is 4. The third kappa shape index (κ3) is 2.29. The van der Waals surface area contributed by atoms with Gasteiger partial charge in [0, 0.05) is 12.6 Å². The Morgan fingerprint density at radius 3 is 3.12 bits per heavy atom. The van der Waals surface area contributed by atoms with E-state index < -0.39 is 0 Å². The lowest BCUT2D eigenvalue weighted by atomic mass is 10.2. The van der Waals surface area contributed by atoms with Gasteiger partial charge in [-0.2, -0.15) is 5.10 Å². The van der Waals surface area contributed by atoms with Crippen LogP contribution in [0.25, 0.3) is 11.4 Å². The third-order valence-electron chi connectivity index (χ3n) is 2.64. The largest absolute Gasteiger partial charge is 0.491 e. The van der Waals surface area contributed by atoms with Gasteiger partial charge in [0.25, 0.3) is 0 Å². The van der Waals surface area contributed by atoms with Gasteiger partial charge >= 0.3 is 0 Å². The van der Waals surface area contributed by atoms with Crippen molar-refractivity contribution in [1.82, 2.24) is 14.8 Å². The van der Waals surface area contributed by atoms with E-state index in [1.807, 2.05) is 31.3 Å². The van der Waals surface area contributed by atoms with Crippen molar-refractivity contribution in [1.29, 1.82) is 0 Å². The molecule has 1 unspecified atom stereocenters. The summed E-state index contributed by atoms with van der Waals surface area (Å²) in [4.78, 5) is 4.21. The van der Waals surface area contributed by atoms with Gasteiger partial charge in [-0.05, 0) is 12.1 Å². The van der Waals surface area contributed by atoms with Crippen LogP contribution in [0.15, 0.2) is 30.6 Å². The number of hydrogen-bond donors (Lipinski definition) is 0. The fourth-order valence-corrected chi connectivity index (χ4v) is 1.64. The van der Waals surface area contributed by atoms with Gasteiger partial charge in [0.15, 0.2) is 5.82 Å². The van der Waals surface area contributed by atoms with Crippen LogP contribution in [0.1, 0.15) is 0 Å². The zero-order chi connectivity index (χ0) is 11.7. The minimum absolute atomic E-state index is 0.272. The Kier molecular flexibility index (Phi) is 2.53. The number of aromatic nitrogens is 3. The average Bonchev–Trinajstić information content (AvgIpc) is 3.08. The molecule has 1 atom stereocenters. The Hall–Kier alpha value is -1.88. The molecule has 2 aromatic rings. The summed E-state index contributed by atoms with van der Waals surface area (Å²) in [6.07, 6.45) is 1.81. The topological polar surface area (TPSA) is 52.5 Å². The summed E-state index contributed by atoms with van der Waals surface area (Å²) < 4.78 is 12.5. The average molecular weight is 231 g/mol.